The van der Waals surface area contributed by atoms with E-state index in [2.05, 4.69) is 4.42 Å². The maximum Gasteiger partial charge on any atom is 0.432 e. The first-order valence-corrected chi connectivity index (χ1v) is 6.88. The average Bonchev–Trinajstić information content (AvgIpc) is 2.80. The molecule has 1 heterocycles. The third-order valence-corrected chi connectivity index (χ3v) is 3.31. The Labute approximate surface area is 115 Å². The van der Waals surface area contributed by atoms with Crippen LogP contribution in [0.2, 0.25) is 0 Å². The van der Waals surface area contributed by atoms with E-state index in [0.717, 1.165) is 5.56 Å². The van der Waals surface area contributed by atoms with Crippen LogP contribution >= 0.6 is 0 Å². The smallest absolute Gasteiger partial charge is 0.409 e. The van der Waals surface area contributed by atoms with E-state index in [-0.39, 0.29) is 10.8 Å². The Morgan fingerprint density at radius 2 is 1.90 bits per heavy atom. The zero-order valence-corrected chi connectivity index (χ0v) is 11.6. The fraction of sp³-hybridized carbons (Fsp3) is 0.167. The molecule has 0 aliphatic rings. The molecule has 20 heavy (non-hydrogen) atoms. The van der Waals surface area contributed by atoms with Crippen LogP contribution in [0.3, 0.4) is 0 Å². The number of nitro groups is 1. The van der Waals surface area contributed by atoms with Crippen LogP contribution in [0.4, 0.5) is 5.88 Å². The van der Waals surface area contributed by atoms with Crippen molar-refractivity contribution < 1.29 is 22.3 Å². The van der Waals surface area contributed by atoms with Crippen LogP contribution in [-0.2, 0) is 10.1 Å². The van der Waals surface area contributed by atoms with E-state index in [0.29, 0.717) is 5.56 Å². The van der Waals surface area contributed by atoms with Crippen LogP contribution < -0.4 is 0 Å². The lowest BCUT2D eigenvalue weighted by molar-refractivity contribution is -0.402. The highest BCUT2D eigenvalue weighted by atomic mass is 32.2. The van der Waals surface area contributed by atoms with Crippen LogP contribution in [0.25, 0.3) is 0 Å². The fourth-order valence-electron chi connectivity index (χ4n) is 1.46. The number of furan rings is 1. The number of rotatable bonds is 2. The molecule has 0 fully saturated rings. The normalized spacial score (nSPS) is 10.6. The van der Waals surface area contributed by atoms with Gasteiger partial charge in [0.1, 0.15) is 4.92 Å². The molecule has 7 nitrogen and oxygen atoms in total. The zero-order chi connectivity index (χ0) is 15.3. The van der Waals surface area contributed by atoms with Crippen molar-refractivity contribution in [3.05, 3.63) is 57.8 Å². The van der Waals surface area contributed by atoms with Gasteiger partial charge in [-0.2, -0.15) is 8.42 Å². The van der Waals surface area contributed by atoms with Gasteiger partial charge in [0.2, 0.25) is 0 Å². The van der Waals surface area contributed by atoms with Gasteiger partial charge in [0.15, 0.2) is 0 Å². The SMILES string of the molecule is Cc1ccc(S(=O)(=O)O)c(C)c1.O=[N+]([O-])c1ccco1. The summed E-state index contributed by atoms with van der Waals surface area (Å²) >= 11 is 0. The quantitative estimate of drug-likeness (QED) is 0.518. The van der Waals surface area contributed by atoms with Gasteiger partial charge in [0, 0.05) is 0 Å². The van der Waals surface area contributed by atoms with Gasteiger partial charge < -0.3 is 4.42 Å². The zero-order valence-electron chi connectivity index (χ0n) is 10.8. The van der Waals surface area contributed by atoms with Gasteiger partial charge in [-0.05, 0) is 31.5 Å². The van der Waals surface area contributed by atoms with Crippen molar-refractivity contribution in [2.24, 2.45) is 0 Å². The number of hydrogen-bond acceptors (Lipinski definition) is 5. The molecule has 0 bridgehead atoms. The summed E-state index contributed by atoms with van der Waals surface area (Å²) in [7, 11) is -4.05. The second-order valence-corrected chi connectivity index (χ2v) is 5.34. The van der Waals surface area contributed by atoms with Crippen molar-refractivity contribution in [1.82, 2.24) is 0 Å². The van der Waals surface area contributed by atoms with Crippen molar-refractivity contribution in [2.75, 3.05) is 0 Å². The molecule has 0 aliphatic heterocycles. The van der Waals surface area contributed by atoms with E-state index in [9.17, 15) is 18.5 Å². The van der Waals surface area contributed by atoms with Crippen LogP contribution in [-0.4, -0.2) is 17.9 Å². The molecule has 108 valence electrons. The first-order valence-electron chi connectivity index (χ1n) is 5.44. The Bertz CT molecular complexity index is 691. The molecular formula is C12H13NO6S. The molecule has 1 aromatic carbocycles. The lowest BCUT2D eigenvalue weighted by atomic mass is 10.2. The minimum atomic E-state index is -4.05. The number of nitrogens with zero attached hydrogens (tertiary/aromatic N) is 1. The van der Waals surface area contributed by atoms with Gasteiger partial charge in [-0.25, -0.2) is 0 Å². The van der Waals surface area contributed by atoms with Gasteiger partial charge in [0.25, 0.3) is 10.1 Å². The van der Waals surface area contributed by atoms with Gasteiger partial charge in [0.05, 0.1) is 17.2 Å². The Morgan fingerprint density at radius 1 is 1.25 bits per heavy atom. The molecule has 0 atom stereocenters. The molecule has 0 unspecified atom stereocenters. The molecule has 1 N–H and O–H groups in total. The van der Waals surface area contributed by atoms with Crippen LogP contribution in [0.5, 0.6) is 0 Å². The van der Waals surface area contributed by atoms with Crippen LogP contribution in [0, 0.1) is 24.0 Å². The summed E-state index contributed by atoms with van der Waals surface area (Å²) in [5.74, 6) is -0.218. The van der Waals surface area contributed by atoms with Gasteiger partial charge in [-0.1, -0.05) is 17.7 Å². The third-order valence-electron chi connectivity index (χ3n) is 2.29. The van der Waals surface area contributed by atoms with Crippen molar-refractivity contribution in [3.63, 3.8) is 0 Å². The molecule has 0 spiro atoms. The molecule has 0 saturated heterocycles. The topological polar surface area (TPSA) is 111 Å². The monoisotopic (exact) mass is 299 g/mol. The second kappa shape index (κ2) is 6.31. The minimum Gasteiger partial charge on any atom is -0.409 e. The predicted molar refractivity (Wildman–Crippen MR) is 71.1 cm³/mol. The van der Waals surface area contributed by atoms with Gasteiger partial charge >= 0.3 is 5.88 Å². The Hall–Kier alpha value is -2.19. The third kappa shape index (κ3) is 4.48. The Morgan fingerprint density at radius 3 is 2.25 bits per heavy atom. The minimum absolute atomic E-state index is 0.0203. The maximum atomic E-state index is 10.7. The lowest BCUT2D eigenvalue weighted by Crippen LogP contribution is -2.00. The van der Waals surface area contributed by atoms with Crippen molar-refractivity contribution in [2.45, 2.75) is 18.7 Å². The first-order chi connectivity index (χ1) is 9.21. The van der Waals surface area contributed by atoms with E-state index >= 15 is 0 Å². The van der Waals surface area contributed by atoms with Crippen molar-refractivity contribution >= 4 is 16.0 Å². The standard InChI is InChI=1S/C8H10O3S.C4H3NO3/c1-6-3-4-8(7(2)5-6)12(9,10)11;6-5(7)4-2-1-3-8-4/h3-5H,1-2H3,(H,9,10,11);1-3H. The summed E-state index contributed by atoms with van der Waals surface area (Å²) in [6.45, 7) is 3.51. The van der Waals surface area contributed by atoms with Gasteiger partial charge in [-0.3, -0.25) is 14.7 Å². The molecule has 0 saturated carbocycles. The predicted octanol–water partition coefficient (Wildman–Crippen LogP) is 2.74. The first kappa shape index (κ1) is 15.9. The molecule has 2 aromatic rings. The highest BCUT2D eigenvalue weighted by Gasteiger charge is 2.11. The molecule has 8 heteroatoms. The highest BCUT2D eigenvalue weighted by Crippen LogP contribution is 2.15. The molecule has 1 aromatic heterocycles. The fourth-order valence-corrected chi connectivity index (χ4v) is 2.17. The average molecular weight is 299 g/mol. The molecular weight excluding hydrogens is 286 g/mol. The number of aryl methyl sites for hydroxylation is 2. The molecule has 0 aliphatic carbocycles. The summed E-state index contributed by atoms with van der Waals surface area (Å²) in [5.41, 5.74) is 1.54. The van der Waals surface area contributed by atoms with E-state index in [1.54, 1.807) is 19.1 Å². The summed E-state index contributed by atoms with van der Waals surface area (Å²) < 4.78 is 34.6. The Balaban J connectivity index is 0.000000217. The lowest BCUT2D eigenvalue weighted by Gasteiger charge is -2.02. The number of benzene rings is 1. The molecule has 2 rings (SSSR count). The maximum absolute atomic E-state index is 10.7. The summed E-state index contributed by atoms with van der Waals surface area (Å²) in [6.07, 6.45) is 1.26. The number of hydrogen-bond donors (Lipinski definition) is 1. The molecule has 0 amide bonds. The van der Waals surface area contributed by atoms with Crippen LogP contribution in [0.1, 0.15) is 11.1 Å². The van der Waals surface area contributed by atoms with Crippen molar-refractivity contribution in [1.29, 1.82) is 0 Å². The van der Waals surface area contributed by atoms with Crippen molar-refractivity contribution in [3.8, 4) is 0 Å². The summed E-state index contributed by atoms with van der Waals surface area (Å²) in [6, 6.07) is 7.53. The highest BCUT2D eigenvalue weighted by molar-refractivity contribution is 7.85. The second-order valence-electron chi connectivity index (χ2n) is 3.95. The van der Waals surface area contributed by atoms with E-state index in [1.165, 1.54) is 24.5 Å². The summed E-state index contributed by atoms with van der Waals surface area (Å²) in [4.78, 5) is 9.17. The summed E-state index contributed by atoms with van der Waals surface area (Å²) in [5, 5.41) is 9.77. The van der Waals surface area contributed by atoms with Crippen LogP contribution in [0.15, 0.2) is 45.9 Å². The molecule has 0 radical (unpaired) electrons. The van der Waals surface area contributed by atoms with E-state index < -0.39 is 15.0 Å². The largest absolute Gasteiger partial charge is 0.432 e. The van der Waals surface area contributed by atoms with E-state index in [1.807, 2.05) is 6.92 Å². The van der Waals surface area contributed by atoms with E-state index in [4.69, 9.17) is 4.55 Å². The van der Waals surface area contributed by atoms with Gasteiger partial charge in [-0.15, -0.1) is 0 Å². The Kier molecular flexibility index (Phi) is 5.00.